The molecule has 1 atom stereocenters. The Morgan fingerprint density at radius 1 is 1.31 bits per heavy atom. The molecule has 1 N–H and O–H groups in total. The first-order valence-electron chi connectivity index (χ1n) is 5.16. The Hall–Kier alpha value is -0.580. The topological polar surface area (TPSA) is 46.2 Å². The van der Waals surface area contributed by atoms with Crippen LogP contribution in [-0.2, 0) is 9.84 Å². The van der Waals surface area contributed by atoms with Crippen LogP contribution in [0.3, 0.4) is 0 Å². The summed E-state index contributed by atoms with van der Waals surface area (Å²) in [4.78, 5) is 0.332. The van der Waals surface area contributed by atoms with E-state index in [1.54, 1.807) is 31.3 Å². The lowest BCUT2D eigenvalue weighted by Gasteiger charge is -2.15. The van der Waals surface area contributed by atoms with Crippen molar-refractivity contribution in [3.05, 3.63) is 29.3 Å². The summed E-state index contributed by atoms with van der Waals surface area (Å²) in [6.45, 7) is 2.33. The van der Waals surface area contributed by atoms with Crippen LogP contribution in [0.15, 0.2) is 29.2 Å². The zero-order chi connectivity index (χ0) is 12.2. The molecule has 1 aromatic rings. The number of sulfone groups is 1. The van der Waals surface area contributed by atoms with Gasteiger partial charge in [0.05, 0.1) is 10.1 Å². The van der Waals surface area contributed by atoms with Gasteiger partial charge in [0.25, 0.3) is 0 Å². The Morgan fingerprint density at radius 3 is 2.31 bits per heavy atom. The monoisotopic (exact) mass is 261 g/mol. The molecule has 0 spiro atoms. The molecule has 90 valence electrons. The molecule has 0 saturated heterocycles. The fourth-order valence-corrected chi connectivity index (χ4v) is 3.37. The van der Waals surface area contributed by atoms with Crippen LogP contribution < -0.4 is 5.32 Å². The van der Waals surface area contributed by atoms with E-state index in [-0.39, 0.29) is 0 Å². The third-order valence-corrected chi connectivity index (χ3v) is 5.03. The molecule has 0 aromatic heterocycles. The van der Waals surface area contributed by atoms with Crippen LogP contribution in [0.5, 0.6) is 0 Å². The molecule has 0 aliphatic heterocycles. The highest BCUT2D eigenvalue weighted by Crippen LogP contribution is 2.20. The van der Waals surface area contributed by atoms with E-state index in [2.05, 4.69) is 5.32 Å². The summed E-state index contributed by atoms with van der Waals surface area (Å²) in [7, 11) is -1.50. The summed E-state index contributed by atoms with van der Waals surface area (Å²) in [6, 6.07) is 6.30. The van der Waals surface area contributed by atoms with Crippen molar-refractivity contribution in [2.45, 2.75) is 23.5 Å². The van der Waals surface area contributed by atoms with E-state index in [1.165, 1.54) is 0 Å². The van der Waals surface area contributed by atoms with Gasteiger partial charge in [0.15, 0.2) is 9.84 Å². The van der Waals surface area contributed by atoms with E-state index >= 15 is 0 Å². The van der Waals surface area contributed by atoms with Gasteiger partial charge in [-0.2, -0.15) is 0 Å². The lowest BCUT2D eigenvalue weighted by molar-refractivity contribution is 0.568. The second-order valence-corrected chi connectivity index (χ2v) is 6.25. The largest absolute Gasteiger partial charge is 0.318 e. The number of hydrogen-bond donors (Lipinski definition) is 1. The average molecular weight is 262 g/mol. The van der Waals surface area contributed by atoms with E-state index in [0.717, 1.165) is 0 Å². The summed E-state index contributed by atoms with van der Waals surface area (Å²) < 4.78 is 24.4. The van der Waals surface area contributed by atoms with Gasteiger partial charge in [0.1, 0.15) is 0 Å². The standard InChI is InChI=1S/C11H16ClNO2S/c1-3-10(8-13-2)16(14,15)11-6-4-9(12)5-7-11/h4-7,10,13H,3,8H2,1-2H3. The maximum absolute atomic E-state index is 12.2. The van der Waals surface area contributed by atoms with Gasteiger partial charge in [-0.25, -0.2) is 8.42 Å². The summed E-state index contributed by atoms with van der Waals surface area (Å²) in [5.74, 6) is 0. The first-order chi connectivity index (χ1) is 7.52. The zero-order valence-electron chi connectivity index (χ0n) is 9.40. The molecule has 1 unspecified atom stereocenters. The maximum Gasteiger partial charge on any atom is 0.182 e. The minimum atomic E-state index is -3.25. The Kier molecular flexibility index (Phi) is 4.77. The number of rotatable bonds is 5. The first-order valence-corrected chi connectivity index (χ1v) is 7.08. The quantitative estimate of drug-likeness (QED) is 0.883. The molecule has 16 heavy (non-hydrogen) atoms. The predicted molar refractivity (Wildman–Crippen MR) is 66.6 cm³/mol. The van der Waals surface area contributed by atoms with Crippen LogP contribution in [0.25, 0.3) is 0 Å². The molecular formula is C11H16ClNO2S. The minimum absolute atomic E-state index is 0.332. The van der Waals surface area contributed by atoms with Crippen molar-refractivity contribution in [2.24, 2.45) is 0 Å². The summed E-state index contributed by atoms with van der Waals surface area (Å²) in [5.41, 5.74) is 0. The second-order valence-electron chi connectivity index (χ2n) is 3.59. The Labute approximate surface area is 102 Å². The number of benzene rings is 1. The SMILES string of the molecule is CCC(CNC)S(=O)(=O)c1ccc(Cl)cc1. The summed E-state index contributed by atoms with van der Waals surface area (Å²) >= 11 is 5.73. The molecular weight excluding hydrogens is 246 g/mol. The third-order valence-electron chi connectivity index (χ3n) is 2.47. The van der Waals surface area contributed by atoms with Gasteiger partial charge >= 0.3 is 0 Å². The van der Waals surface area contributed by atoms with Gasteiger partial charge < -0.3 is 5.32 Å². The van der Waals surface area contributed by atoms with Crippen molar-refractivity contribution in [1.29, 1.82) is 0 Å². The van der Waals surface area contributed by atoms with Crippen LogP contribution in [0, 0.1) is 0 Å². The molecule has 0 radical (unpaired) electrons. The van der Waals surface area contributed by atoms with Crippen LogP contribution in [-0.4, -0.2) is 27.3 Å². The normalized spacial score (nSPS) is 13.7. The third kappa shape index (κ3) is 2.97. The summed E-state index contributed by atoms with van der Waals surface area (Å²) in [6.07, 6.45) is 0.589. The Balaban J connectivity index is 3.04. The molecule has 5 heteroatoms. The van der Waals surface area contributed by atoms with Gasteiger partial charge in [-0.05, 0) is 37.7 Å². The highest BCUT2D eigenvalue weighted by molar-refractivity contribution is 7.92. The highest BCUT2D eigenvalue weighted by Gasteiger charge is 2.24. The maximum atomic E-state index is 12.2. The predicted octanol–water partition coefficient (Wildman–Crippen LogP) is 2.11. The number of halogens is 1. The van der Waals surface area contributed by atoms with E-state index < -0.39 is 15.1 Å². The van der Waals surface area contributed by atoms with Crippen molar-refractivity contribution in [1.82, 2.24) is 5.32 Å². The van der Waals surface area contributed by atoms with Crippen LogP contribution in [0.1, 0.15) is 13.3 Å². The molecule has 3 nitrogen and oxygen atoms in total. The molecule has 0 heterocycles. The number of hydrogen-bond acceptors (Lipinski definition) is 3. The molecule has 0 fully saturated rings. The molecule has 1 aromatic carbocycles. The molecule has 1 rings (SSSR count). The lowest BCUT2D eigenvalue weighted by Crippen LogP contribution is -2.31. The fraction of sp³-hybridized carbons (Fsp3) is 0.455. The van der Waals surface area contributed by atoms with Crippen LogP contribution in [0.2, 0.25) is 5.02 Å². The molecule has 0 saturated carbocycles. The Bertz CT molecular complexity index is 428. The van der Waals surface area contributed by atoms with Crippen LogP contribution in [0.4, 0.5) is 0 Å². The molecule has 0 bridgehead atoms. The van der Waals surface area contributed by atoms with E-state index in [4.69, 9.17) is 11.6 Å². The van der Waals surface area contributed by atoms with Gasteiger partial charge in [-0.3, -0.25) is 0 Å². The lowest BCUT2D eigenvalue weighted by atomic mass is 10.3. The van der Waals surface area contributed by atoms with Gasteiger partial charge in [0.2, 0.25) is 0 Å². The minimum Gasteiger partial charge on any atom is -0.318 e. The molecule has 0 aliphatic carbocycles. The first kappa shape index (κ1) is 13.5. The van der Waals surface area contributed by atoms with Gasteiger partial charge in [0, 0.05) is 11.6 Å². The fourth-order valence-electron chi connectivity index (χ4n) is 1.52. The Morgan fingerprint density at radius 2 is 1.88 bits per heavy atom. The van der Waals surface area contributed by atoms with E-state index in [0.29, 0.717) is 22.9 Å². The average Bonchev–Trinajstić information content (AvgIpc) is 2.26. The van der Waals surface area contributed by atoms with Gasteiger partial charge in [-0.15, -0.1) is 0 Å². The zero-order valence-corrected chi connectivity index (χ0v) is 11.0. The van der Waals surface area contributed by atoms with Crippen molar-refractivity contribution in [3.63, 3.8) is 0 Å². The van der Waals surface area contributed by atoms with Gasteiger partial charge in [-0.1, -0.05) is 18.5 Å². The molecule has 0 amide bonds. The second kappa shape index (κ2) is 5.66. The van der Waals surface area contributed by atoms with Crippen molar-refractivity contribution in [2.75, 3.05) is 13.6 Å². The summed E-state index contributed by atoms with van der Waals surface area (Å²) in [5, 5.41) is 3.05. The van der Waals surface area contributed by atoms with E-state index in [9.17, 15) is 8.42 Å². The van der Waals surface area contributed by atoms with Crippen LogP contribution >= 0.6 is 11.6 Å². The van der Waals surface area contributed by atoms with Crippen molar-refractivity contribution >= 4 is 21.4 Å². The number of nitrogens with one attached hydrogen (secondary N) is 1. The van der Waals surface area contributed by atoms with Crippen molar-refractivity contribution < 1.29 is 8.42 Å². The molecule has 0 aliphatic rings. The highest BCUT2D eigenvalue weighted by atomic mass is 35.5. The van der Waals surface area contributed by atoms with E-state index in [1.807, 2.05) is 6.92 Å². The smallest absolute Gasteiger partial charge is 0.182 e. The van der Waals surface area contributed by atoms with Crippen molar-refractivity contribution in [3.8, 4) is 0 Å².